The van der Waals surface area contributed by atoms with Crippen molar-refractivity contribution >= 4 is 23.7 Å². The van der Waals surface area contributed by atoms with Gasteiger partial charge in [-0.05, 0) is 24.3 Å². The van der Waals surface area contributed by atoms with Crippen LogP contribution in [-0.4, -0.2) is 53.0 Å². The van der Waals surface area contributed by atoms with Crippen LogP contribution in [0.1, 0.15) is 40.2 Å². The molecule has 0 radical (unpaired) electrons. The third-order valence-corrected chi connectivity index (χ3v) is 4.81. The third-order valence-electron chi connectivity index (χ3n) is 4.81. The van der Waals surface area contributed by atoms with Gasteiger partial charge in [-0.3, -0.25) is 14.4 Å². The molecule has 3 amide bonds. The Morgan fingerprint density at radius 3 is 1.77 bits per heavy atom. The number of rotatable bonds is 11. The first-order valence-corrected chi connectivity index (χ1v) is 10.4. The zero-order valence-electron chi connectivity index (χ0n) is 18.7. The number of hydrogen-bond donors (Lipinski definition) is 5. The largest absolute Gasteiger partial charge is 0.480 e. The van der Waals surface area contributed by atoms with Crippen LogP contribution in [0.15, 0.2) is 30.3 Å². The summed E-state index contributed by atoms with van der Waals surface area (Å²) in [6, 6.07) is 5.32. The second-order valence-electron chi connectivity index (χ2n) is 8.34. The number of nitrogens with one attached hydrogen (secondary N) is 3. The minimum Gasteiger partial charge on any atom is -0.480 e. The first-order chi connectivity index (χ1) is 14.4. The number of amides is 3. The van der Waals surface area contributed by atoms with Gasteiger partial charge in [-0.25, -0.2) is 4.79 Å². The van der Waals surface area contributed by atoms with Crippen LogP contribution in [0.4, 0.5) is 0 Å². The molecule has 0 fully saturated rings. The summed E-state index contributed by atoms with van der Waals surface area (Å²) in [5, 5.41) is 17.1. The lowest BCUT2D eigenvalue weighted by molar-refractivity contribution is -0.143. The number of carboxylic acid groups (broad SMARTS) is 1. The van der Waals surface area contributed by atoms with Gasteiger partial charge in [0.15, 0.2) is 0 Å². The average Bonchev–Trinajstić information content (AvgIpc) is 2.69. The van der Waals surface area contributed by atoms with E-state index in [1.807, 2.05) is 30.3 Å². The minimum atomic E-state index is -1.15. The molecular formula is C22H34N4O5. The Labute approximate surface area is 183 Å². The van der Waals surface area contributed by atoms with Crippen LogP contribution in [-0.2, 0) is 25.6 Å². The Balaban J connectivity index is 3.02. The highest BCUT2D eigenvalue weighted by Gasteiger charge is 2.32. The van der Waals surface area contributed by atoms with Crippen molar-refractivity contribution in [2.24, 2.45) is 17.6 Å². The molecule has 0 saturated heterocycles. The molecule has 0 bridgehead atoms. The van der Waals surface area contributed by atoms with Gasteiger partial charge in [0.1, 0.15) is 18.1 Å². The molecule has 9 heteroatoms. The highest BCUT2D eigenvalue weighted by atomic mass is 16.4. The van der Waals surface area contributed by atoms with E-state index < -0.39 is 47.9 Å². The van der Waals surface area contributed by atoms with Crippen molar-refractivity contribution < 1.29 is 24.3 Å². The van der Waals surface area contributed by atoms with Crippen molar-refractivity contribution in [2.75, 3.05) is 0 Å². The molecule has 0 aliphatic rings. The van der Waals surface area contributed by atoms with Gasteiger partial charge < -0.3 is 26.8 Å². The van der Waals surface area contributed by atoms with Crippen LogP contribution >= 0.6 is 0 Å². The molecule has 1 aromatic rings. The van der Waals surface area contributed by atoms with Crippen LogP contribution < -0.4 is 21.7 Å². The quantitative estimate of drug-likeness (QED) is 0.341. The zero-order valence-corrected chi connectivity index (χ0v) is 18.7. The van der Waals surface area contributed by atoms with E-state index in [0.717, 1.165) is 5.56 Å². The number of hydrogen-bond acceptors (Lipinski definition) is 5. The van der Waals surface area contributed by atoms with Crippen molar-refractivity contribution in [1.82, 2.24) is 16.0 Å². The minimum absolute atomic E-state index is 0.210. The predicted octanol–water partition coefficient (Wildman–Crippen LogP) is 0.427. The van der Waals surface area contributed by atoms with Gasteiger partial charge in [-0.15, -0.1) is 0 Å². The molecule has 0 heterocycles. The lowest BCUT2D eigenvalue weighted by Gasteiger charge is -2.27. The molecular weight excluding hydrogens is 400 g/mol. The van der Waals surface area contributed by atoms with Crippen molar-refractivity contribution in [2.45, 2.75) is 65.2 Å². The lowest BCUT2D eigenvalue weighted by atomic mass is 9.99. The van der Waals surface area contributed by atoms with Gasteiger partial charge in [-0.2, -0.15) is 0 Å². The second-order valence-corrected chi connectivity index (χ2v) is 8.34. The summed E-state index contributed by atoms with van der Waals surface area (Å²) in [6.45, 7) is 8.35. The normalized spacial score (nSPS) is 15.0. The van der Waals surface area contributed by atoms with Crippen molar-refractivity contribution in [3.05, 3.63) is 35.9 Å². The van der Waals surface area contributed by atoms with E-state index in [9.17, 15) is 24.3 Å². The maximum Gasteiger partial charge on any atom is 0.326 e. The Morgan fingerprint density at radius 1 is 0.806 bits per heavy atom. The average molecular weight is 435 g/mol. The fourth-order valence-corrected chi connectivity index (χ4v) is 2.91. The number of carboxylic acids is 1. The van der Waals surface area contributed by atoms with Gasteiger partial charge in [0.05, 0.1) is 6.04 Å². The first kappa shape index (κ1) is 26.1. The van der Waals surface area contributed by atoms with Crippen molar-refractivity contribution in [3.8, 4) is 0 Å². The molecule has 1 aromatic carbocycles. The Kier molecular flexibility index (Phi) is 10.1. The van der Waals surface area contributed by atoms with Crippen molar-refractivity contribution in [1.29, 1.82) is 0 Å². The fraction of sp³-hybridized carbons (Fsp3) is 0.545. The number of nitrogens with two attached hydrogens (primary N) is 1. The summed E-state index contributed by atoms with van der Waals surface area (Å²) >= 11 is 0. The molecule has 1 rings (SSSR count). The standard InChI is InChI=1S/C22H34N4O5/c1-12(2)17(21(29)26-18(13(3)4)22(30)31)25-20(28)16(24-19(27)14(5)23)11-15-9-7-6-8-10-15/h6-10,12-14,16-18H,11,23H2,1-5H3,(H,24,27)(H,25,28)(H,26,29)(H,30,31). The molecule has 4 unspecified atom stereocenters. The summed E-state index contributed by atoms with van der Waals surface area (Å²) in [5.74, 6) is -3.44. The van der Waals surface area contributed by atoms with Gasteiger partial charge in [0.2, 0.25) is 17.7 Å². The number of carbonyl (C=O) groups is 4. The van der Waals surface area contributed by atoms with E-state index in [0.29, 0.717) is 0 Å². The summed E-state index contributed by atoms with van der Waals surface area (Å²) in [5.41, 5.74) is 6.45. The first-order valence-electron chi connectivity index (χ1n) is 10.4. The topological polar surface area (TPSA) is 151 Å². The molecule has 9 nitrogen and oxygen atoms in total. The van der Waals surface area contributed by atoms with E-state index in [4.69, 9.17) is 5.73 Å². The van der Waals surface area contributed by atoms with Crippen LogP contribution in [0, 0.1) is 11.8 Å². The fourth-order valence-electron chi connectivity index (χ4n) is 2.91. The van der Waals surface area contributed by atoms with Gasteiger partial charge in [-0.1, -0.05) is 58.0 Å². The van der Waals surface area contributed by atoms with E-state index in [2.05, 4.69) is 16.0 Å². The maximum absolute atomic E-state index is 13.0. The summed E-state index contributed by atoms with van der Waals surface area (Å²) in [6.07, 6.45) is 0.210. The lowest BCUT2D eigenvalue weighted by Crippen LogP contribution is -2.59. The van der Waals surface area contributed by atoms with Gasteiger partial charge >= 0.3 is 5.97 Å². The van der Waals surface area contributed by atoms with Crippen LogP contribution in [0.3, 0.4) is 0 Å². The number of carbonyl (C=O) groups excluding carboxylic acids is 3. The highest BCUT2D eigenvalue weighted by molar-refractivity contribution is 5.94. The predicted molar refractivity (Wildman–Crippen MR) is 117 cm³/mol. The Bertz CT molecular complexity index is 764. The number of aliphatic carboxylic acids is 1. The van der Waals surface area contributed by atoms with Gasteiger partial charge in [0.25, 0.3) is 0 Å². The summed E-state index contributed by atoms with van der Waals surface area (Å²) < 4.78 is 0. The Hall–Kier alpha value is -2.94. The van der Waals surface area contributed by atoms with Crippen molar-refractivity contribution in [3.63, 3.8) is 0 Å². The van der Waals surface area contributed by atoms with Crippen LogP contribution in [0.5, 0.6) is 0 Å². The molecule has 0 saturated carbocycles. The smallest absolute Gasteiger partial charge is 0.326 e. The Morgan fingerprint density at radius 2 is 1.32 bits per heavy atom. The van der Waals surface area contributed by atoms with E-state index in [1.165, 1.54) is 6.92 Å². The zero-order chi connectivity index (χ0) is 23.7. The summed E-state index contributed by atoms with van der Waals surface area (Å²) in [4.78, 5) is 49.3. The molecule has 172 valence electrons. The molecule has 0 aliphatic carbocycles. The SMILES string of the molecule is CC(N)C(=O)NC(Cc1ccccc1)C(=O)NC(C(=O)NC(C(=O)O)C(C)C)C(C)C. The monoisotopic (exact) mass is 434 g/mol. The van der Waals surface area contributed by atoms with Crippen LogP contribution in [0.25, 0.3) is 0 Å². The summed E-state index contributed by atoms with van der Waals surface area (Å²) in [7, 11) is 0. The maximum atomic E-state index is 13.0. The molecule has 31 heavy (non-hydrogen) atoms. The van der Waals surface area contributed by atoms with E-state index >= 15 is 0 Å². The molecule has 0 aliphatic heterocycles. The molecule has 4 atom stereocenters. The number of benzene rings is 1. The van der Waals surface area contributed by atoms with Gasteiger partial charge in [0, 0.05) is 6.42 Å². The molecule has 6 N–H and O–H groups in total. The highest BCUT2D eigenvalue weighted by Crippen LogP contribution is 2.09. The van der Waals surface area contributed by atoms with E-state index in [1.54, 1.807) is 27.7 Å². The molecule has 0 spiro atoms. The van der Waals surface area contributed by atoms with Crippen LogP contribution in [0.2, 0.25) is 0 Å². The molecule has 0 aromatic heterocycles. The second kappa shape index (κ2) is 12.0. The third kappa shape index (κ3) is 8.37. The van der Waals surface area contributed by atoms with E-state index in [-0.39, 0.29) is 18.3 Å².